The number of methoxy groups -OCH3 is 1. The van der Waals surface area contributed by atoms with E-state index < -0.39 is 23.9 Å². The van der Waals surface area contributed by atoms with E-state index in [1.807, 2.05) is 6.07 Å². The van der Waals surface area contributed by atoms with Gasteiger partial charge in [-0.3, -0.25) is 9.59 Å². The maximum atomic E-state index is 11.9. The molecule has 1 atom stereocenters. The molecule has 0 aliphatic rings. The van der Waals surface area contributed by atoms with Crippen molar-refractivity contribution in [3.05, 3.63) is 35.9 Å². The van der Waals surface area contributed by atoms with E-state index in [9.17, 15) is 14.4 Å². The van der Waals surface area contributed by atoms with E-state index in [0.717, 1.165) is 0 Å². The zero-order valence-corrected chi connectivity index (χ0v) is 12.1. The van der Waals surface area contributed by atoms with Gasteiger partial charge < -0.3 is 14.8 Å². The molecule has 1 aromatic carbocycles. The Labute approximate surface area is 123 Å². The van der Waals surface area contributed by atoms with Crippen molar-refractivity contribution >= 4 is 17.8 Å². The monoisotopic (exact) mass is 293 g/mol. The Hall–Kier alpha value is -2.37. The fourth-order valence-electron chi connectivity index (χ4n) is 1.70. The average Bonchev–Trinajstić information content (AvgIpc) is 2.51. The molecule has 0 aliphatic heterocycles. The predicted octanol–water partition coefficient (Wildman–Crippen LogP) is 1.36. The van der Waals surface area contributed by atoms with Crippen LogP contribution in [-0.4, -0.2) is 31.6 Å². The summed E-state index contributed by atoms with van der Waals surface area (Å²) in [4.78, 5) is 34.8. The molecule has 114 valence electrons. The van der Waals surface area contributed by atoms with E-state index in [1.165, 1.54) is 7.11 Å². The number of carbonyl (C=O) groups excluding carboxylic acids is 3. The van der Waals surface area contributed by atoms with E-state index in [1.54, 1.807) is 31.2 Å². The summed E-state index contributed by atoms with van der Waals surface area (Å²) in [6.07, 6.45) is -0.0813. The number of amides is 1. The van der Waals surface area contributed by atoms with Gasteiger partial charge in [-0.1, -0.05) is 30.3 Å². The molecule has 0 spiro atoms. The van der Waals surface area contributed by atoms with Crippen molar-refractivity contribution in [2.45, 2.75) is 25.8 Å². The van der Waals surface area contributed by atoms with Crippen LogP contribution in [0.25, 0.3) is 0 Å². The maximum absolute atomic E-state index is 11.9. The van der Waals surface area contributed by atoms with Crippen LogP contribution in [0.1, 0.15) is 31.4 Å². The minimum absolute atomic E-state index is 0.0351. The number of benzene rings is 1. The van der Waals surface area contributed by atoms with Crippen LogP contribution < -0.4 is 5.32 Å². The van der Waals surface area contributed by atoms with Gasteiger partial charge in [0, 0.05) is 6.42 Å². The summed E-state index contributed by atoms with van der Waals surface area (Å²) in [5.74, 6) is -1.42. The lowest BCUT2D eigenvalue weighted by atomic mass is 10.1. The second-order valence-electron chi connectivity index (χ2n) is 4.24. The quantitative estimate of drug-likeness (QED) is 0.768. The zero-order valence-electron chi connectivity index (χ0n) is 12.1. The van der Waals surface area contributed by atoms with E-state index in [2.05, 4.69) is 10.1 Å². The number of carbonyl (C=O) groups is 3. The third kappa shape index (κ3) is 5.64. The lowest BCUT2D eigenvalue weighted by molar-refractivity contribution is -0.147. The van der Waals surface area contributed by atoms with Crippen molar-refractivity contribution in [2.24, 2.45) is 0 Å². The van der Waals surface area contributed by atoms with Gasteiger partial charge in [-0.25, -0.2) is 4.79 Å². The highest BCUT2D eigenvalue weighted by atomic mass is 16.5. The maximum Gasteiger partial charge on any atom is 0.333 e. The smallest absolute Gasteiger partial charge is 0.333 e. The largest absolute Gasteiger partial charge is 0.469 e. The van der Waals surface area contributed by atoms with Gasteiger partial charge in [-0.2, -0.15) is 0 Å². The summed E-state index contributed by atoms with van der Waals surface area (Å²) in [6, 6.07) is 7.91. The van der Waals surface area contributed by atoms with Crippen LogP contribution in [-0.2, 0) is 23.9 Å². The van der Waals surface area contributed by atoms with Crippen molar-refractivity contribution in [2.75, 3.05) is 13.7 Å². The third-order valence-electron chi connectivity index (χ3n) is 2.74. The summed E-state index contributed by atoms with van der Waals surface area (Å²) >= 11 is 0. The second kappa shape index (κ2) is 8.73. The summed E-state index contributed by atoms with van der Waals surface area (Å²) in [5.41, 5.74) is 0.627. The number of ether oxygens (including phenoxy) is 2. The van der Waals surface area contributed by atoms with Gasteiger partial charge in [-0.15, -0.1) is 0 Å². The number of esters is 2. The van der Waals surface area contributed by atoms with Crippen LogP contribution in [0.4, 0.5) is 0 Å². The van der Waals surface area contributed by atoms with Crippen molar-refractivity contribution in [3.63, 3.8) is 0 Å². The molecular formula is C15H19NO5. The molecule has 1 unspecified atom stereocenters. The fourth-order valence-corrected chi connectivity index (χ4v) is 1.70. The van der Waals surface area contributed by atoms with Crippen LogP contribution >= 0.6 is 0 Å². The Morgan fingerprint density at radius 2 is 1.81 bits per heavy atom. The van der Waals surface area contributed by atoms with Crippen molar-refractivity contribution in [1.82, 2.24) is 5.32 Å². The van der Waals surface area contributed by atoms with Gasteiger partial charge in [0.2, 0.25) is 5.91 Å². The third-order valence-corrected chi connectivity index (χ3v) is 2.74. The molecule has 6 nitrogen and oxygen atoms in total. The molecular weight excluding hydrogens is 274 g/mol. The van der Waals surface area contributed by atoms with Crippen LogP contribution in [0.15, 0.2) is 30.3 Å². The molecule has 0 bridgehead atoms. The Balaban J connectivity index is 2.72. The Bertz CT molecular complexity index is 486. The molecule has 1 amide bonds. The summed E-state index contributed by atoms with van der Waals surface area (Å²) in [7, 11) is 1.26. The van der Waals surface area contributed by atoms with Crippen LogP contribution in [0.5, 0.6) is 0 Å². The van der Waals surface area contributed by atoms with Gasteiger partial charge in [0.15, 0.2) is 6.04 Å². The number of nitrogens with one attached hydrogen (secondary N) is 1. The molecule has 0 saturated heterocycles. The number of hydrogen-bond acceptors (Lipinski definition) is 5. The molecule has 0 radical (unpaired) electrons. The van der Waals surface area contributed by atoms with Crippen molar-refractivity contribution in [3.8, 4) is 0 Å². The Kier molecular flexibility index (Phi) is 6.94. The number of hydrogen-bond donors (Lipinski definition) is 1. The standard InChI is InChI=1S/C15H19NO5/c1-3-21-15(19)14(11-7-5-4-6-8-11)16-12(17)9-10-13(18)20-2/h4-8,14H,3,9-10H2,1-2H3,(H,16,17). The SMILES string of the molecule is CCOC(=O)C(NC(=O)CCC(=O)OC)c1ccccc1. The first-order valence-corrected chi connectivity index (χ1v) is 6.66. The first-order chi connectivity index (χ1) is 10.1. The number of rotatable bonds is 7. The van der Waals surface area contributed by atoms with Crippen LogP contribution in [0.3, 0.4) is 0 Å². The molecule has 1 N–H and O–H groups in total. The highest BCUT2D eigenvalue weighted by Crippen LogP contribution is 2.14. The topological polar surface area (TPSA) is 81.7 Å². The fraction of sp³-hybridized carbons (Fsp3) is 0.400. The minimum atomic E-state index is -0.878. The van der Waals surface area contributed by atoms with E-state index in [4.69, 9.17) is 4.74 Å². The van der Waals surface area contributed by atoms with Gasteiger partial charge >= 0.3 is 11.9 Å². The highest BCUT2D eigenvalue weighted by Gasteiger charge is 2.24. The van der Waals surface area contributed by atoms with Gasteiger partial charge in [0.1, 0.15) is 0 Å². The predicted molar refractivity (Wildman–Crippen MR) is 75.2 cm³/mol. The molecule has 0 aromatic heterocycles. The second-order valence-corrected chi connectivity index (χ2v) is 4.24. The Morgan fingerprint density at radius 1 is 1.14 bits per heavy atom. The van der Waals surface area contributed by atoms with Crippen LogP contribution in [0, 0.1) is 0 Å². The molecule has 1 rings (SSSR count). The highest BCUT2D eigenvalue weighted by molar-refractivity contribution is 5.87. The van der Waals surface area contributed by atoms with E-state index >= 15 is 0 Å². The molecule has 0 heterocycles. The lowest BCUT2D eigenvalue weighted by Gasteiger charge is -2.17. The minimum Gasteiger partial charge on any atom is -0.469 e. The molecule has 6 heteroatoms. The first kappa shape index (κ1) is 16.7. The molecule has 1 aromatic rings. The zero-order chi connectivity index (χ0) is 15.7. The summed E-state index contributed by atoms with van der Waals surface area (Å²) in [6.45, 7) is 1.92. The summed E-state index contributed by atoms with van der Waals surface area (Å²) < 4.78 is 9.43. The summed E-state index contributed by atoms with van der Waals surface area (Å²) in [5, 5.41) is 2.58. The Morgan fingerprint density at radius 3 is 2.38 bits per heavy atom. The van der Waals surface area contributed by atoms with Gasteiger partial charge in [-0.05, 0) is 12.5 Å². The molecule has 0 aliphatic carbocycles. The van der Waals surface area contributed by atoms with Gasteiger partial charge in [0.25, 0.3) is 0 Å². The lowest BCUT2D eigenvalue weighted by Crippen LogP contribution is -2.35. The van der Waals surface area contributed by atoms with Crippen LogP contribution in [0.2, 0.25) is 0 Å². The first-order valence-electron chi connectivity index (χ1n) is 6.66. The molecule has 21 heavy (non-hydrogen) atoms. The average molecular weight is 293 g/mol. The van der Waals surface area contributed by atoms with E-state index in [-0.39, 0.29) is 19.4 Å². The normalized spacial score (nSPS) is 11.3. The van der Waals surface area contributed by atoms with Crippen molar-refractivity contribution < 1.29 is 23.9 Å². The van der Waals surface area contributed by atoms with E-state index in [0.29, 0.717) is 5.56 Å². The van der Waals surface area contributed by atoms with Gasteiger partial charge in [0.05, 0.1) is 20.1 Å². The molecule has 0 fully saturated rings. The molecule has 0 saturated carbocycles. The van der Waals surface area contributed by atoms with Crippen molar-refractivity contribution in [1.29, 1.82) is 0 Å².